The Kier molecular flexibility index (Phi) is 5.54. The summed E-state index contributed by atoms with van der Waals surface area (Å²) >= 11 is 0. The van der Waals surface area contributed by atoms with Gasteiger partial charge in [0.1, 0.15) is 5.58 Å². The van der Waals surface area contributed by atoms with Gasteiger partial charge in [0, 0.05) is 22.0 Å². The van der Waals surface area contributed by atoms with Gasteiger partial charge >= 0.3 is 0 Å². The maximum Gasteiger partial charge on any atom is 0.158 e. The minimum absolute atomic E-state index is 0.864. The summed E-state index contributed by atoms with van der Waals surface area (Å²) in [5, 5.41) is 13.3. The van der Waals surface area contributed by atoms with E-state index in [1.807, 2.05) is 0 Å². The summed E-state index contributed by atoms with van der Waals surface area (Å²) < 4.78 is 6.77. The van der Waals surface area contributed by atoms with Crippen LogP contribution in [0, 0.1) is 0 Å². The van der Waals surface area contributed by atoms with Gasteiger partial charge in [0.2, 0.25) is 0 Å². The third-order valence-electron chi connectivity index (χ3n) is 8.78. The van der Waals surface area contributed by atoms with Gasteiger partial charge < -0.3 is 9.73 Å². The van der Waals surface area contributed by atoms with Crippen LogP contribution in [0.4, 0.5) is 11.4 Å². The van der Waals surface area contributed by atoms with Crippen molar-refractivity contribution in [1.29, 1.82) is 0 Å². The summed E-state index contributed by atoms with van der Waals surface area (Å²) in [4.78, 5) is 0. The standard InChI is InChI=1S/C42H27NO/c1-2-10-28(11-3-1)38-26-34-13-6-7-14-36(34)40-37-15-8-16-39(41(37)44-42(38)40)43-35-22-21-32-24-31(19-20-33(32)25-35)30-18-17-27-9-4-5-12-29(27)23-30/h1-26,43H. The van der Waals surface area contributed by atoms with Crippen molar-refractivity contribution in [2.45, 2.75) is 0 Å². The summed E-state index contributed by atoms with van der Waals surface area (Å²) in [6.07, 6.45) is 0. The van der Waals surface area contributed by atoms with Crippen LogP contribution in [0.2, 0.25) is 0 Å². The number of anilines is 2. The SMILES string of the molecule is c1ccc(-c2cc3ccccc3c3c2oc2c(Nc4ccc5cc(-c6ccc7ccccc7c6)ccc5c4)cccc23)cc1. The van der Waals surface area contributed by atoms with E-state index < -0.39 is 0 Å². The third-order valence-corrected chi connectivity index (χ3v) is 8.78. The third kappa shape index (κ3) is 4.04. The van der Waals surface area contributed by atoms with Crippen LogP contribution < -0.4 is 5.32 Å². The molecular weight excluding hydrogens is 534 g/mol. The zero-order chi connectivity index (χ0) is 29.0. The lowest BCUT2D eigenvalue weighted by atomic mass is 9.96. The van der Waals surface area contributed by atoms with Gasteiger partial charge in [-0.25, -0.2) is 0 Å². The Morgan fingerprint density at radius 3 is 1.86 bits per heavy atom. The van der Waals surface area contributed by atoms with Gasteiger partial charge in [-0.05, 0) is 85.4 Å². The average molecular weight is 562 g/mol. The molecule has 0 aliphatic carbocycles. The smallest absolute Gasteiger partial charge is 0.158 e. The molecule has 9 aromatic rings. The molecule has 206 valence electrons. The molecule has 0 atom stereocenters. The zero-order valence-corrected chi connectivity index (χ0v) is 23.9. The Hall–Kier alpha value is -5.86. The number of rotatable bonds is 4. The minimum atomic E-state index is 0.864. The number of fused-ring (bicyclic) bond motifs is 7. The quantitative estimate of drug-likeness (QED) is 0.231. The number of hydrogen-bond donors (Lipinski definition) is 1. The maximum atomic E-state index is 6.77. The highest BCUT2D eigenvalue weighted by atomic mass is 16.3. The van der Waals surface area contributed by atoms with E-state index in [0.29, 0.717) is 0 Å². The molecule has 1 heterocycles. The molecule has 0 amide bonds. The van der Waals surface area contributed by atoms with Crippen molar-refractivity contribution in [3.05, 3.63) is 158 Å². The molecule has 0 aliphatic heterocycles. The predicted molar refractivity (Wildman–Crippen MR) is 187 cm³/mol. The van der Waals surface area contributed by atoms with Crippen molar-refractivity contribution in [2.75, 3.05) is 5.32 Å². The highest BCUT2D eigenvalue weighted by molar-refractivity contribution is 6.24. The maximum absolute atomic E-state index is 6.77. The molecule has 2 heteroatoms. The fourth-order valence-electron chi connectivity index (χ4n) is 6.61. The normalized spacial score (nSPS) is 11.6. The molecule has 8 aromatic carbocycles. The Morgan fingerprint density at radius 1 is 0.386 bits per heavy atom. The number of benzene rings is 8. The van der Waals surface area contributed by atoms with Crippen LogP contribution in [0.25, 0.3) is 76.5 Å². The van der Waals surface area contributed by atoms with Crippen LogP contribution in [0.15, 0.2) is 162 Å². The van der Waals surface area contributed by atoms with Crippen molar-refractivity contribution in [3.8, 4) is 22.3 Å². The van der Waals surface area contributed by atoms with Gasteiger partial charge in [-0.15, -0.1) is 0 Å². The first kappa shape index (κ1) is 24.7. The van der Waals surface area contributed by atoms with Gasteiger partial charge in [-0.2, -0.15) is 0 Å². The van der Waals surface area contributed by atoms with Gasteiger partial charge in [-0.3, -0.25) is 0 Å². The summed E-state index contributed by atoms with van der Waals surface area (Å²) in [6, 6.07) is 56.2. The lowest BCUT2D eigenvalue weighted by Gasteiger charge is -2.10. The lowest BCUT2D eigenvalue weighted by Crippen LogP contribution is -1.90. The van der Waals surface area contributed by atoms with Crippen LogP contribution in [-0.2, 0) is 0 Å². The molecule has 9 rings (SSSR count). The van der Waals surface area contributed by atoms with E-state index in [0.717, 1.165) is 44.4 Å². The molecule has 1 N–H and O–H groups in total. The molecule has 0 saturated heterocycles. The van der Waals surface area contributed by atoms with Crippen LogP contribution in [0.1, 0.15) is 0 Å². The Morgan fingerprint density at radius 2 is 1.02 bits per heavy atom. The first-order chi connectivity index (χ1) is 21.8. The van der Waals surface area contributed by atoms with Gasteiger partial charge in [0.25, 0.3) is 0 Å². The van der Waals surface area contributed by atoms with Gasteiger partial charge in [0.15, 0.2) is 5.58 Å². The highest BCUT2D eigenvalue weighted by Gasteiger charge is 2.18. The second-order valence-corrected chi connectivity index (χ2v) is 11.5. The minimum Gasteiger partial charge on any atom is -0.453 e. The van der Waals surface area contributed by atoms with Crippen molar-refractivity contribution in [2.24, 2.45) is 0 Å². The van der Waals surface area contributed by atoms with Crippen molar-refractivity contribution < 1.29 is 4.42 Å². The highest BCUT2D eigenvalue weighted by Crippen LogP contribution is 2.43. The van der Waals surface area contributed by atoms with E-state index in [-0.39, 0.29) is 0 Å². The Bertz CT molecular complexity index is 2520. The van der Waals surface area contributed by atoms with E-state index >= 15 is 0 Å². The molecule has 0 spiro atoms. The fourth-order valence-corrected chi connectivity index (χ4v) is 6.61. The summed E-state index contributed by atoms with van der Waals surface area (Å²) in [5.74, 6) is 0. The predicted octanol–water partition coefficient (Wildman–Crippen LogP) is 12.1. The molecular formula is C42H27NO. The van der Waals surface area contributed by atoms with Crippen LogP contribution in [0.3, 0.4) is 0 Å². The molecule has 0 bridgehead atoms. The molecule has 0 unspecified atom stereocenters. The van der Waals surface area contributed by atoms with Crippen molar-refractivity contribution in [1.82, 2.24) is 0 Å². The second-order valence-electron chi connectivity index (χ2n) is 11.5. The fraction of sp³-hybridized carbons (Fsp3) is 0. The first-order valence-corrected chi connectivity index (χ1v) is 15.0. The first-order valence-electron chi connectivity index (χ1n) is 15.0. The monoisotopic (exact) mass is 561 g/mol. The molecule has 44 heavy (non-hydrogen) atoms. The Balaban J connectivity index is 1.13. The largest absolute Gasteiger partial charge is 0.453 e. The van der Waals surface area contributed by atoms with Crippen LogP contribution >= 0.6 is 0 Å². The van der Waals surface area contributed by atoms with Gasteiger partial charge in [0.05, 0.1) is 5.69 Å². The summed E-state index contributed by atoms with van der Waals surface area (Å²) in [7, 11) is 0. The topological polar surface area (TPSA) is 25.2 Å². The molecule has 0 fully saturated rings. The van der Waals surface area contributed by atoms with Crippen LogP contribution in [0.5, 0.6) is 0 Å². The second kappa shape index (κ2) is 9.86. The molecule has 1 aromatic heterocycles. The number of hydrogen-bond acceptors (Lipinski definition) is 2. The number of para-hydroxylation sites is 1. The van der Waals surface area contributed by atoms with E-state index in [9.17, 15) is 0 Å². The molecule has 0 saturated carbocycles. The summed E-state index contributed by atoms with van der Waals surface area (Å²) in [5.41, 5.74) is 8.46. The number of furan rings is 1. The van der Waals surface area contributed by atoms with Crippen molar-refractivity contribution >= 4 is 65.6 Å². The van der Waals surface area contributed by atoms with E-state index in [1.165, 1.54) is 43.4 Å². The Labute approximate surface area is 254 Å². The lowest BCUT2D eigenvalue weighted by molar-refractivity contribution is 0.671. The molecule has 0 aliphatic rings. The van der Waals surface area contributed by atoms with E-state index in [2.05, 4.69) is 163 Å². The molecule has 0 radical (unpaired) electrons. The van der Waals surface area contributed by atoms with Crippen molar-refractivity contribution in [3.63, 3.8) is 0 Å². The average Bonchev–Trinajstić information content (AvgIpc) is 3.49. The molecule has 2 nitrogen and oxygen atoms in total. The summed E-state index contributed by atoms with van der Waals surface area (Å²) in [6.45, 7) is 0. The van der Waals surface area contributed by atoms with E-state index in [1.54, 1.807) is 0 Å². The number of nitrogens with one attached hydrogen (secondary N) is 1. The zero-order valence-electron chi connectivity index (χ0n) is 23.9. The van der Waals surface area contributed by atoms with E-state index in [4.69, 9.17) is 4.42 Å². The van der Waals surface area contributed by atoms with Gasteiger partial charge in [-0.1, -0.05) is 121 Å². The van der Waals surface area contributed by atoms with Crippen LogP contribution in [-0.4, -0.2) is 0 Å².